The number of carbonyl (C=O) groups excluding carboxylic acids is 2. The molecule has 198 valence electrons. The number of hydrogen-bond acceptors (Lipinski definition) is 8. The second kappa shape index (κ2) is 13.8. The molecule has 0 aliphatic rings. The van der Waals surface area contributed by atoms with Gasteiger partial charge in [-0.1, -0.05) is 46.4 Å². The van der Waals surface area contributed by atoms with E-state index in [1.807, 2.05) is 0 Å². The Morgan fingerprint density at radius 2 is 1.42 bits per heavy atom. The average Bonchev–Trinajstić information content (AvgIpc) is 2.79. The third-order valence-corrected chi connectivity index (χ3v) is 9.26. The fourth-order valence-corrected chi connectivity index (χ4v) is 6.71. The topological polar surface area (TPSA) is 82.1 Å². The first-order valence-corrected chi connectivity index (χ1v) is 14.2. The minimum Gasteiger partial charge on any atom is -0.465 e. The first-order valence-electron chi connectivity index (χ1n) is 9.47. The lowest BCUT2D eigenvalue weighted by atomic mass is 10.4. The van der Waals surface area contributed by atoms with Gasteiger partial charge in [0, 0.05) is 34.1 Å². The Balaban J connectivity index is 2.37. The summed E-state index contributed by atoms with van der Waals surface area (Å²) in [6.45, 7) is 0.0829. The van der Waals surface area contributed by atoms with E-state index in [1.54, 1.807) is 0 Å². The number of rotatable bonds is 11. The summed E-state index contributed by atoms with van der Waals surface area (Å²) >= 11 is 24.7. The molecule has 0 N–H and O–H groups in total. The summed E-state index contributed by atoms with van der Waals surface area (Å²) in [7, 11) is -4.66. The predicted molar refractivity (Wildman–Crippen MR) is 134 cm³/mol. The van der Waals surface area contributed by atoms with Crippen LogP contribution < -0.4 is 0 Å². The predicted octanol–water partition coefficient (Wildman–Crippen LogP) is 8.15. The lowest BCUT2D eigenvalue weighted by Gasteiger charge is -2.26. The number of alkyl halides is 3. The van der Waals surface area contributed by atoms with Crippen molar-refractivity contribution in [3.05, 3.63) is 56.5 Å². The van der Waals surface area contributed by atoms with Crippen LogP contribution in [0.2, 0.25) is 20.1 Å². The molecule has 0 spiro atoms. The van der Waals surface area contributed by atoms with Gasteiger partial charge in [-0.25, -0.2) is 7.94 Å². The summed E-state index contributed by atoms with van der Waals surface area (Å²) in [4.78, 5) is 24.1. The highest BCUT2D eigenvalue weighted by molar-refractivity contribution is 8.02. The number of ether oxygens (including phenoxy) is 1. The number of amides is 1. The Bertz CT molecular complexity index is 1100. The van der Waals surface area contributed by atoms with E-state index in [9.17, 15) is 27.3 Å². The minimum absolute atomic E-state index is 0.0426. The fraction of sp³-hybridized carbons (Fsp3) is 0.263. The summed E-state index contributed by atoms with van der Waals surface area (Å²) < 4.78 is 68.4. The first kappa shape index (κ1) is 31.4. The van der Waals surface area contributed by atoms with Crippen molar-refractivity contribution in [1.29, 1.82) is 0 Å². The van der Waals surface area contributed by atoms with E-state index in [-0.39, 0.29) is 41.4 Å². The lowest BCUT2D eigenvalue weighted by Crippen LogP contribution is -2.44. The van der Waals surface area contributed by atoms with Crippen molar-refractivity contribution in [3.8, 4) is 0 Å². The minimum atomic E-state index is -5.40. The molecule has 2 rings (SSSR count). The normalized spacial score (nSPS) is 11.9. The molecule has 2 aromatic rings. The van der Waals surface area contributed by atoms with Gasteiger partial charge in [0.1, 0.15) is 12.8 Å². The molecule has 1 amide bonds. The van der Waals surface area contributed by atoms with Gasteiger partial charge in [0.25, 0.3) is 0 Å². The van der Waals surface area contributed by atoms with E-state index in [0.717, 1.165) is 0 Å². The second-order valence-electron chi connectivity index (χ2n) is 6.52. The van der Waals surface area contributed by atoms with E-state index in [4.69, 9.17) is 54.3 Å². The van der Waals surface area contributed by atoms with Crippen LogP contribution in [0, 0.1) is 0 Å². The van der Waals surface area contributed by atoms with Crippen LogP contribution in [0.4, 0.5) is 13.2 Å². The Morgan fingerprint density at radius 3 is 1.83 bits per heavy atom. The molecule has 0 saturated heterocycles. The molecule has 0 saturated carbocycles. The zero-order chi connectivity index (χ0) is 27.1. The van der Waals surface area contributed by atoms with Crippen LogP contribution >= 0.6 is 78.1 Å². The molecule has 17 heteroatoms. The van der Waals surface area contributed by atoms with Crippen LogP contribution in [0.3, 0.4) is 0 Å². The molecule has 2 aromatic carbocycles. The van der Waals surface area contributed by atoms with Gasteiger partial charge in [0.05, 0.1) is 26.4 Å². The Kier molecular flexibility index (Phi) is 12.1. The summed E-state index contributed by atoms with van der Waals surface area (Å²) in [5.41, 5.74) is 0. The van der Waals surface area contributed by atoms with Gasteiger partial charge in [0.15, 0.2) is 0 Å². The van der Waals surface area contributed by atoms with Gasteiger partial charge in [0.2, 0.25) is 0 Å². The molecule has 7 nitrogen and oxygen atoms in total. The third-order valence-electron chi connectivity index (χ3n) is 3.77. The monoisotopic (exact) mass is 645 g/mol. The first-order chi connectivity index (χ1) is 16.7. The molecule has 0 radical (unpaired) electrons. The summed E-state index contributed by atoms with van der Waals surface area (Å²) in [6.07, 6.45) is -6.68. The van der Waals surface area contributed by atoms with Crippen molar-refractivity contribution in [3.63, 3.8) is 0 Å². The largest absolute Gasteiger partial charge is 0.471 e. The van der Waals surface area contributed by atoms with Gasteiger partial charge >= 0.3 is 25.6 Å². The van der Waals surface area contributed by atoms with Crippen molar-refractivity contribution in [1.82, 2.24) is 4.90 Å². The smallest absolute Gasteiger partial charge is 0.465 e. The van der Waals surface area contributed by atoms with E-state index in [2.05, 4.69) is 4.74 Å². The molecule has 0 unspecified atom stereocenters. The molecular weight excluding hydrogens is 632 g/mol. The van der Waals surface area contributed by atoms with Crippen molar-refractivity contribution in [2.45, 2.75) is 22.9 Å². The maximum absolute atomic E-state index is 13.6. The van der Waals surface area contributed by atoms with Crippen LogP contribution in [-0.2, 0) is 26.8 Å². The summed E-state index contributed by atoms with van der Waals surface area (Å²) in [6, 6.07) is 8.42. The van der Waals surface area contributed by atoms with Crippen LogP contribution in [0.1, 0.15) is 6.92 Å². The number of carbonyl (C=O) groups is 2. The van der Waals surface area contributed by atoms with Crippen LogP contribution in [0.5, 0.6) is 0 Å². The quantitative estimate of drug-likeness (QED) is 0.137. The molecule has 0 atom stereocenters. The maximum atomic E-state index is 13.6. The number of halogens is 7. The zero-order valence-corrected chi connectivity index (χ0v) is 23.4. The van der Waals surface area contributed by atoms with Gasteiger partial charge in [-0.15, -0.1) is 0 Å². The standard InChI is InChI=1S/C19H15Cl4F3NO6PS2/c1-2-31-17(28)9-27(18(29)19(24,25)26)10-34(30,32-35-15-7-11(20)3-5-13(15)22)33-36-16-8-12(21)4-6-14(16)23/h3-8H,2,9-10H2,1H3. The van der Waals surface area contributed by atoms with Crippen molar-refractivity contribution < 1.29 is 40.0 Å². The zero-order valence-electron chi connectivity index (χ0n) is 17.9. The molecule has 0 fully saturated rings. The van der Waals surface area contributed by atoms with Gasteiger partial charge in [-0.2, -0.15) is 13.2 Å². The molecule has 0 aliphatic heterocycles. The maximum Gasteiger partial charge on any atom is 0.471 e. The third kappa shape index (κ3) is 9.81. The van der Waals surface area contributed by atoms with E-state index in [1.165, 1.54) is 43.3 Å². The van der Waals surface area contributed by atoms with Crippen LogP contribution in [0.25, 0.3) is 0 Å². The molecule has 0 bridgehead atoms. The highest BCUT2D eigenvalue weighted by Crippen LogP contribution is 2.58. The van der Waals surface area contributed by atoms with Crippen molar-refractivity contribution in [2.75, 3.05) is 19.4 Å². The molecule has 0 aromatic heterocycles. The molecule has 0 aliphatic carbocycles. The highest BCUT2D eigenvalue weighted by Gasteiger charge is 2.46. The average molecular weight is 647 g/mol. The number of benzene rings is 2. The Morgan fingerprint density at radius 1 is 0.944 bits per heavy atom. The summed E-state index contributed by atoms with van der Waals surface area (Å²) in [5.74, 6) is -3.63. The molecular formula is C19H15Cl4F3NO6PS2. The van der Waals surface area contributed by atoms with Gasteiger partial charge < -0.3 is 9.64 Å². The van der Waals surface area contributed by atoms with Crippen LogP contribution in [-0.4, -0.2) is 42.4 Å². The van der Waals surface area contributed by atoms with Crippen molar-refractivity contribution >= 4 is 90.0 Å². The molecule has 36 heavy (non-hydrogen) atoms. The number of esters is 1. The van der Waals surface area contributed by atoms with E-state index >= 15 is 0 Å². The fourth-order valence-electron chi connectivity index (χ4n) is 2.27. The molecule has 0 heterocycles. The highest BCUT2D eigenvalue weighted by atomic mass is 35.5. The van der Waals surface area contributed by atoms with Gasteiger partial charge in [-0.05, 0) is 43.3 Å². The summed E-state index contributed by atoms with van der Waals surface area (Å²) in [5, 5.41) is 0.711. The van der Waals surface area contributed by atoms with E-state index < -0.39 is 38.5 Å². The Hall–Kier alpha value is -0.820. The lowest BCUT2D eigenvalue weighted by molar-refractivity contribution is -0.186. The van der Waals surface area contributed by atoms with Gasteiger partial charge in [-0.3, -0.25) is 14.2 Å². The van der Waals surface area contributed by atoms with Crippen LogP contribution in [0.15, 0.2) is 46.2 Å². The number of nitrogens with zero attached hydrogens (tertiary/aromatic N) is 1. The number of hydrogen-bond donors (Lipinski definition) is 0. The van der Waals surface area contributed by atoms with E-state index in [0.29, 0.717) is 24.1 Å². The second-order valence-corrected chi connectivity index (χ2v) is 12.1. The Labute approximate surface area is 232 Å². The van der Waals surface area contributed by atoms with Crippen molar-refractivity contribution in [2.24, 2.45) is 0 Å². The SMILES string of the molecule is CCOC(=O)CN(CP(=O)(OSc1cc(Cl)ccc1Cl)OSc1cc(Cl)ccc1Cl)C(=O)C(F)(F)F.